The predicted octanol–water partition coefficient (Wildman–Crippen LogP) is 5.01. The third-order valence-corrected chi connectivity index (χ3v) is 8.51. The molecule has 2 N–H and O–H groups in total. The fourth-order valence-corrected chi connectivity index (χ4v) is 6.95. The van der Waals surface area contributed by atoms with Crippen molar-refractivity contribution in [2.75, 3.05) is 6.54 Å². The summed E-state index contributed by atoms with van der Waals surface area (Å²) in [5.41, 5.74) is 3.70. The van der Waals surface area contributed by atoms with E-state index in [2.05, 4.69) is 23.3 Å². The summed E-state index contributed by atoms with van der Waals surface area (Å²) in [4.78, 5) is 17.8. The van der Waals surface area contributed by atoms with Crippen molar-refractivity contribution in [3.63, 3.8) is 0 Å². The molecule has 0 bridgehead atoms. The van der Waals surface area contributed by atoms with Crippen molar-refractivity contribution in [2.45, 2.75) is 64.3 Å². The summed E-state index contributed by atoms with van der Waals surface area (Å²) in [6.07, 6.45) is 9.28. The molecule has 0 radical (unpaired) electrons. The Morgan fingerprint density at radius 1 is 1.23 bits per heavy atom. The first-order valence-corrected chi connectivity index (χ1v) is 12.0. The van der Waals surface area contributed by atoms with Crippen molar-refractivity contribution < 1.29 is 9.90 Å². The number of hydrogen-bond donors (Lipinski definition) is 2. The summed E-state index contributed by atoms with van der Waals surface area (Å²) in [5, 5.41) is 13.4. The molecule has 0 amide bonds. The standard InChI is InChI=1S/C27H34N2O2/c1-27-12-11-23-22-10-8-21(30)15-18(22)7-9-24(23)25(27)16-19(26(27)31)5-4-13-28-17-20-6-2-3-14-29-20/h2-3,6,8,10,14-15,19,23-25,28,30H,4-5,7,9,11-13,16-17H2,1H3/t19?,23?,24?,25?,27-/m0/s1. The number of Topliss-reactive ketones (excluding diaryl/α,β-unsaturated/α-hetero) is 1. The van der Waals surface area contributed by atoms with Crippen LogP contribution < -0.4 is 5.32 Å². The van der Waals surface area contributed by atoms with Gasteiger partial charge in [0.2, 0.25) is 0 Å². The molecule has 1 aromatic carbocycles. The van der Waals surface area contributed by atoms with Gasteiger partial charge in [-0.05, 0) is 105 Å². The number of hydrogen-bond acceptors (Lipinski definition) is 4. The van der Waals surface area contributed by atoms with Crippen LogP contribution in [0.3, 0.4) is 0 Å². The second-order valence-electron chi connectivity index (χ2n) is 10.2. The number of pyridine rings is 1. The second kappa shape index (κ2) is 8.38. The molecular formula is C27H34N2O2. The van der Waals surface area contributed by atoms with E-state index in [-0.39, 0.29) is 11.3 Å². The van der Waals surface area contributed by atoms with E-state index in [0.29, 0.717) is 29.3 Å². The van der Waals surface area contributed by atoms with Crippen molar-refractivity contribution in [1.29, 1.82) is 0 Å². The molecule has 0 saturated heterocycles. The zero-order chi connectivity index (χ0) is 21.4. The SMILES string of the molecule is C[C@]12CCC3c4ccc(O)cc4CCC3C1CC(CCCNCc1ccccn1)C2=O. The maximum atomic E-state index is 13.4. The van der Waals surface area contributed by atoms with Crippen molar-refractivity contribution >= 4 is 5.78 Å². The monoisotopic (exact) mass is 418 g/mol. The maximum Gasteiger partial charge on any atom is 0.142 e. The lowest BCUT2D eigenvalue weighted by Gasteiger charge is -2.48. The minimum absolute atomic E-state index is 0.123. The van der Waals surface area contributed by atoms with Gasteiger partial charge in [0, 0.05) is 24.1 Å². The van der Waals surface area contributed by atoms with Crippen LogP contribution >= 0.6 is 0 Å². The Morgan fingerprint density at radius 2 is 2.13 bits per heavy atom. The van der Waals surface area contributed by atoms with Crippen molar-refractivity contribution in [3.05, 3.63) is 59.4 Å². The van der Waals surface area contributed by atoms with E-state index in [1.54, 1.807) is 0 Å². The van der Waals surface area contributed by atoms with Crippen molar-refractivity contribution in [1.82, 2.24) is 10.3 Å². The largest absolute Gasteiger partial charge is 0.508 e. The van der Waals surface area contributed by atoms with Crippen molar-refractivity contribution in [2.24, 2.45) is 23.2 Å². The summed E-state index contributed by atoms with van der Waals surface area (Å²) < 4.78 is 0. The van der Waals surface area contributed by atoms with Gasteiger partial charge in [-0.2, -0.15) is 0 Å². The number of ketones is 1. The van der Waals surface area contributed by atoms with Gasteiger partial charge in [0.25, 0.3) is 0 Å². The number of fused-ring (bicyclic) bond motifs is 5. The van der Waals surface area contributed by atoms with E-state index in [1.807, 2.05) is 36.5 Å². The van der Waals surface area contributed by atoms with Crippen LogP contribution in [-0.2, 0) is 17.8 Å². The Kier molecular flexibility index (Phi) is 5.60. The number of aryl methyl sites for hydroxylation is 1. The molecule has 2 fully saturated rings. The van der Waals surface area contributed by atoms with Gasteiger partial charge >= 0.3 is 0 Å². The number of nitrogens with zero attached hydrogens (tertiary/aromatic N) is 1. The Balaban J connectivity index is 1.20. The molecule has 2 saturated carbocycles. The Hall–Kier alpha value is -2.20. The van der Waals surface area contributed by atoms with Crippen LogP contribution in [-0.4, -0.2) is 22.4 Å². The first kappa shape index (κ1) is 20.7. The first-order valence-electron chi connectivity index (χ1n) is 12.0. The molecule has 31 heavy (non-hydrogen) atoms. The molecular weight excluding hydrogens is 384 g/mol. The van der Waals surface area contributed by atoms with Gasteiger partial charge in [0.1, 0.15) is 11.5 Å². The predicted molar refractivity (Wildman–Crippen MR) is 122 cm³/mol. The summed E-state index contributed by atoms with van der Waals surface area (Å²) in [7, 11) is 0. The molecule has 0 aliphatic heterocycles. The van der Waals surface area contributed by atoms with E-state index in [0.717, 1.165) is 63.7 Å². The molecule has 0 spiro atoms. The fraction of sp³-hybridized carbons (Fsp3) is 0.556. The van der Waals surface area contributed by atoms with Crippen LogP contribution in [0.2, 0.25) is 0 Å². The molecule has 5 atom stereocenters. The molecule has 5 rings (SSSR count). The second-order valence-corrected chi connectivity index (χ2v) is 10.2. The number of phenols is 1. The quantitative estimate of drug-likeness (QED) is 0.648. The van der Waals surface area contributed by atoms with Gasteiger partial charge in [0.15, 0.2) is 0 Å². The summed E-state index contributed by atoms with van der Waals surface area (Å²) in [5.74, 6) is 2.85. The van der Waals surface area contributed by atoms with Crippen LogP contribution in [0.5, 0.6) is 5.75 Å². The molecule has 4 nitrogen and oxygen atoms in total. The minimum Gasteiger partial charge on any atom is -0.508 e. The molecule has 4 unspecified atom stereocenters. The fourth-order valence-electron chi connectivity index (χ4n) is 6.95. The van der Waals surface area contributed by atoms with Gasteiger partial charge in [-0.1, -0.05) is 19.1 Å². The molecule has 4 heteroatoms. The van der Waals surface area contributed by atoms with Crippen molar-refractivity contribution in [3.8, 4) is 5.75 Å². The first-order chi connectivity index (χ1) is 15.1. The average molecular weight is 419 g/mol. The summed E-state index contributed by atoms with van der Waals surface area (Å²) >= 11 is 0. The van der Waals surface area contributed by atoms with Crippen LogP contribution in [0.1, 0.15) is 68.2 Å². The normalized spacial score (nSPS) is 31.7. The number of benzene rings is 1. The number of phenolic OH excluding ortho intramolecular Hbond substituents is 1. The number of aromatic hydroxyl groups is 1. The third-order valence-electron chi connectivity index (χ3n) is 8.51. The average Bonchev–Trinajstić information content (AvgIpc) is 3.04. The van der Waals surface area contributed by atoms with Gasteiger partial charge in [0.05, 0.1) is 5.69 Å². The lowest BCUT2D eigenvalue weighted by molar-refractivity contribution is -0.132. The highest BCUT2D eigenvalue weighted by atomic mass is 16.3. The van der Waals surface area contributed by atoms with Gasteiger partial charge in [-0.25, -0.2) is 0 Å². The minimum atomic E-state index is -0.123. The maximum absolute atomic E-state index is 13.4. The zero-order valence-corrected chi connectivity index (χ0v) is 18.5. The Bertz CT molecular complexity index is 944. The molecule has 1 aromatic heterocycles. The van der Waals surface area contributed by atoms with E-state index in [9.17, 15) is 9.90 Å². The number of aromatic nitrogens is 1. The molecule has 3 aliphatic rings. The Labute approximate surface area is 185 Å². The summed E-state index contributed by atoms with van der Waals surface area (Å²) in [6, 6.07) is 11.9. The van der Waals surface area contributed by atoms with Crippen LogP contribution in [0.15, 0.2) is 42.6 Å². The molecule has 164 valence electrons. The highest BCUT2D eigenvalue weighted by Crippen LogP contribution is 2.61. The number of carbonyl (C=O) groups is 1. The highest BCUT2D eigenvalue weighted by Gasteiger charge is 2.57. The van der Waals surface area contributed by atoms with Crippen LogP contribution in [0.25, 0.3) is 0 Å². The van der Waals surface area contributed by atoms with Gasteiger partial charge < -0.3 is 10.4 Å². The van der Waals surface area contributed by atoms with E-state index >= 15 is 0 Å². The van der Waals surface area contributed by atoms with E-state index < -0.39 is 0 Å². The smallest absolute Gasteiger partial charge is 0.142 e. The third kappa shape index (κ3) is 3.80. The van der Waals surface area contributed by atoms with Gasteiger partial charge in [-0.3, -0.25) is 9.78 Å². The van der Waals surface area contributed by atoms with E-state index in [1.165, 1.54) is 11.1 Å². The molecule has 2 aromatic rings. The van der Waals surface area contributed by atoms with Gasteiger partial charge in [-0.15, -0.1) is 0 Å². The number of rotatable bonds is 6. The zero-order valence-electron chi connectivity index (χ0n) is 18.5. The van der Waals surface area contributed by atoms with Crippen LogP contribution in [0, 0.1) is 23.2 Å². The highest BCUT2D eigenvalue weighted by molar-refractivity contribution is 5.89. The number of nitrogens with one attached hydrogen (secondary N) is 1. The van der Waals surface area contributed by atoms with E-state index in [4.69, 9.17) is 0 Å². The lowest BCUT2D eigenvalue weighted by Crippen LogP contribution is -2.42. The Morgan fingerprint density at radius 3 is 2.97 bits per heavy atom. The number of carbonyl (C=O) groups excluding carboxylic acids is 1. The van der Waals surface area contributed by atoms with Crippen LogP contribution in [0.4, 0.5) is 0 Å². The topological polar surface area (TPSA) is 62.2 Å². The molecule has 1 heterocycles. The summed E-state index contributed by atoms with van der Waals surface area (Å²) in [6.45, 7) is 3.99. The molecule has 3 aliphatic carbocycles. The lowest BCUT2D eigenvalue weighted by atomic mass is 9.55.